The minimum atomic E-state index is -0.304. The average molecular weight is 402 g/mol. The Morgan fingerprint density at radius 3 is 2.68 bits per heavy atom. The third-order valence-corrected chi connectivity index (χ3v) is 4.87. The molecular weight excluding hydrogens is 381 g/mol. The number of hydrogen-bond acceptors (Lipinski definition) is 4. The molecule has 1 fully saturated rings. The summed E-state index contributed by atoms with van der Waals surface area (Å²) in [6.07, 6.45) is 1.59. The molecule has 0 unspecified atom stereocenters. The minimum absolute atomic E-state index is 0. The summed E-state index contributed by atoms with van der Waals surface area (Å²) in [5, 5.41) is 7.98. The number of nitrogens with zero attached hydrogens (tertiary/aromatic N) is 4. The fourth-order valence-corrected chi connectivity index (χ4v) is 3.51. The molecule has 1 aliphatic rings. The third kappa shape index (κ3) is 4.21. The first-order valence-corrected chi connectivity index (χ1v) is 8.84. The molecule has 1 aromatic heterocycles. The Morgan fingerprint density at radius 2 is 1.93 bits per heavy atom. The van der Waals surface area contributed by atoms with Crippen LogP contribution in [-0.2, 0) is 6.54 Å². The van der Waals surface area contributed by atoms with E-state index in [4.69, 9.17) is 5.73 Å². The molecule has 8 heteroatoms. The molecule has 2 aromatic carbocycles. The molecular formula is C20H21ClFN5O. The number of carbonyl (C=O) groups excluding carboxylic acids is 1. The second-order valence-electron chi connectivity index (χ2n) is 6.82. The summed E-state index contributed by atoms with van der Waals surface area (Å²) < 4.78 is 14.8. The smallest absolute Gasteiger partial charge is 0.276 e. The largest absolute Gasteiger partial charge is 0.335 e. The zero-order valence-corrected chi connectivity index (χ0v) is 15.9. The Bertz CT molecular complexity index is 949. The number of benzene rings is 2. The summed E-state index contributed by atoms with van der Waals surface area (Å²) in [5.41, 5.74) is 8.43. The van der Waals surface area contributed by atoms with Gasteiger partial charge in [-0.1, -0.05) is 47.7 Å². The Balaban J connectivity index is 0.00000225. The molecule has 0 bridgehead atoms. The first-order valence-electron chi connectivity index (χ1n) is 8.84. The minimum Gasteiger partial charge on any atom is -0.335 e. The molecule has 146 valence electrons. The van der Waals surface area contributed by atoms with Crippen LogP contribution in [0.4, 0.5) is 4.39 Å². The van der Waals surface area contributed by atoms with E-state index >= 15 is 0 Å². The molecule has 0 saturated carbocycles. The van der Waals surface area contributed by atoms with Crippen LogP contribution in [0.1, 0.15) is 27.5 Å². The van der Waals surface area contributed by atoms with Gasteiger partial charge >= 0.3 is 0 Å². The number of halogens is 2. The van der Waals surface area contributed by atoms with Crippen molar-refractivity contribution in [1.82, 2.24) is 19.9 Å². The van der Waals surface area contributed by atoms with Crippen molar-refractivity contribution in [2.45, 2.75) is 18.5 Å². The van der Waals surface area contributed by atoms with Crippen LogP contribution in [0.2, 0.25) is 0 Å². The van der Waals surface area contributed by atoms with Crippen molar-refractivity contribution in [3.8, 4) is 0 Å². The molecule has 0 aliphatic carbocycles. The van der Waals surface area contributed by atoms with Crippen LogP contribution in [0.3, 0.4) is 0 Å². The highest BCUT2D eigenvalue weighted by Crippen LogP contribution is 2.27. The van der Waals surface area contributed by atoms with Crippen LogP contribution in [0, 0.1) is 5.82 Å². The van der Waals surface area contributed by atoms with Gasteiger partial charge in [-0.2, -0.15) is 0 Å². The summed E-state index contributed by atoms with van der Waals surface area (Å²) in [6.45, 7) is 1.39. The van der Waals surface area contributed by atoms with E-state index < -0.39 is 0 Å². The Hall–Kier alpha value is -2.77. The van der Waals surface area contributed by atoms with Gasteiger partial charge in [-0.3, -0.25) is 4.79 Å². The van der Waals surface area contributed by atoms with Crippen LogP contribution >= 0.6 is 12.4 Å². The number of nitrogens with two attached hydrogens (primary N) is 1. The van der Waals surface area contributed by atoms with Gasteiger partial charge in [0.2, 0.25) is 0 Å². The lowest BCUT2D eigenvalue weighted by atomic mass is 9.95. The van der Waals surface area contributed by atoms with Crippen LogP contribution in [0.15, 0.2) is 60.8 Å². The van der Waals surface area contributed by atoms with Gasteiger partial charge in [-0.25, -0.2) is 9.07 Å². The predicted octanol–water partition coefficient (Wildman–Crippen LogP) is 2.45. The van der Waals surface area contributed by atoms with Crippen molar-refractivity contribution in [2.24, 2.45) is 5.73 Å². The normalized spacial score (nSPS) is 18.7. The van der Waals surface area contributed by atoms with Gasteiger partial charge in [0.15, 0.2) is 5.69 Å². The average Bonchev–Trinajstić information content (AvgIpc) is 3.29. The van der Waals surface area contributed by atoms with Crippen molar-refractivity contribution in [1.29, 1.82) is 0 Å². The summed E-state index contributed by atoms with van der Waals surface area (Å²) in [5.74, 6) is -0.381. The van der Waals surface area contributed by atoms with Gasteiger partial charge in [0.1, 0.15) is 5.82 Å². The number of aromatic nitrogens is 3. The standard InChI is InChI=1S/C20H20FN5O.ClH/c21-16-8-4-5-14(9-16)10-26-13-19(23-24-26)20(27)25-11-17(18(22)12-25)15-6-2-1-3-7-15;/h1-9,13,17-18H,10-12,22H2;1H/t17-,18+;/m0./s1. The zero-order valence-electron chi connectivity index (χ0n) is 15.1. The second-order valence-corrected chi connectivity index (χ2v) is 6.82. The molecule has 1 amide bonds. The molecule has 2 atom stereocenters. The van der Waals surface area contributed by atoms with E-state index in [1.54, 1.807) is 23.2 Å². The Kier molecular flexibility index (Phi) is 6.06. The van der Waals surface area contributed by atoms with Crippen molar-refractivity contribution in [2.75, 3.05) is 13.1 Å². The van der Waals surface area contributed by atoms with E-state index in [-0.39, 0.29) is 41.8 Å². The lowest BCUT2D eigenvalue weighted by molar-refractivity contribution is 0.0783. The van der Waals surface area contributed by atoms with Crippen molar-refractivity contribution in [3.63, 3.8) is 0 Å². The molecule has 28 heavy (non-hydrogen) atoms. The molecule has 0 radical (unpaired) electrons. The topological polar surface area (TPSA) is 77.0 Å². The van der Waals surface area contributed by atoms with Crippen molar-refractivity contribution >= 4 is 18.3 Å². The third-order valence-electron chi connectivity index (χ3n) is 4.87. The fraction of sp³-hybridized carbons (Fsp3) is 0.250. The maximum atomic E-state index is 13.3. The second kappa shape index (κ2) is 8.50. The summed E-state index contributed by atoms with van der Waals surface area (Å²) in [7, 11) is 0. The molecule has 2 N–H and O–H groups in total. The van der Waals surface area contributed by atoms with Crippen LogP contribution in [0.25, 0.3) is 0 Å². The highest BCUT2D eigenvalue weighted by Gasteiger charge is 2.35. The predicted molar refractivity (Wildman–Crippen MR) is 106 cm³/mol. The quantitative estimate of drug-likeness (QED) is 0.728. The van der Waals surface area contributed by atoms with Gasteiger partial charge in [-0.15, -0.1) is 17.5 Å². The van der Waals surface area contributed by atoms with E-state index in [1.807, 2.05) is 30.3 Å². The molecule has 4 rings (SSSR count). The molecule has 3 aromatic rings. The van der Waals surface area contributed by atoms with E-state index in [1.165, 1.54) is 16.8 Å². The van der Waals surface area contributed by atoms with Crippen LogP contribution < -0.4 is 5.73 Å². The number of rotatable bonds is 4. The summed E-state index contributed by atoms with van der Waals surface area (Å²) in [4.78, 5) is 14.5. The molecule has 6 nitrogen and oxygen atoms in total. The highest BCUT2D eigenvalue weighted by molar-refractivity contribution is 5.92. The maximum absolute atomic E-state index is 13.3. The number of amides is 1. The maximum Gasteiger partial charge on any atom is 0.276 e. The molecule has 2 heterocycles. The first-order chi connectivity index (χ1) is 13.1. The number of hydrogen-bond donors (Lipinski definition) is 1. The zero-order chi connectivity index (χ0) is 18.8. The van der Waals surface area contributed by atoms with Gasteiger partial charge in [-0.05, 0) is 23.3 Å². The van der Waals surface area contributed by atoms with Gasteiger partial charge < -0.3 is 10.6 Å². The van der Waals surface area contributed by atoms with Crippen LogP contribution in [0.5, 0.6) is 0 Å². The summed E-state index contributed by atoms with van der Waals surface area (Å²) >= 11 is 0. The van der Waals surface area contributed by atoms with Gasteiger partial charge in [0, 0.05) is 25.0 Å². The van der Waals surface area contributed by atoms with Crippen molar-refractivity contribution < 1.29 is 9.18 Å². The first kappa shape index (κ1) is 20.0. The molecule has 0 spiro atoms. The lowest BCUT2D eigenvalue weighted by Gasteiger charge is -2.15. The molecule has 1 saturated heterocycles. The highest BCUT2D eigenvalue weighted by atomic mass is 35.5. The SMILES string of the molecule is Cl.N[C@@H]1CN(C(=O)c2cn(Cc3cccc(F)c3)nn2)C[C@H]1c1ccccc1. The molecule has 1 aliphatic heterocycles. The fourth-order valence-electron chi connectivity index (χ4n) is 3.51. The van der Waals surface area contributed by atoms with E-state index in [2.05, 4.69) is 10.3 Å². The number of likely N-dealkylation sites (tertiary alicyclic amines) is 1. The Morgan fingerprint density at radius 1 is 1.14 bits per heavy atom. The van der Waals surface area contributed by atoms with E-state index in [9.17, 15) is 9.18 Å². The van der Waals surface area contributed by atoms with Crippen LogP contribution in [-0.4, -0.2) is 44.9 Å². The lowest BCUT2D eigenvalue weighted by Crippen LogP contribution is -2.32. The summed E-state index contributed by atoms with van der Waals surface area (Å²) in [6, 6.07) is 16.1. The van der Waals surface area contributed by atoms with Gasteiger partial charge in [0.25, 0.3) is 5.91 Å². The Labute approximate surface area is 168 Å². The van der Waals surface area contributed by atoms with E-state index in [0.717, 1.165) is 11.1 Å². The van der Waals surface area contributed by atoms with Gasteiger partial charge in [0.05, 0.1) is 12.7 Å². The monoisotopic (exact) mass is 401 g/mol. The van der Waals surface area contributed by atoms with Crippen molar-refractivity contribution in [3.05, 3.63) is 83.4 Å². The number of carbonyl (C=O) groups is 1. The van der Waals surface area contributed by atoms with E-state index in [0.29, 0.717) is 19.6 Å².